The van der Waals surface area contributed by atoms with Crippen molar-refractivity contribution in [2.45, 2.75) is 149 Å². The fourth-order valence-electron chi connectivity index (χ4n) is 4.16. The molecule has 0 rings (SSSR count). The summed E-state index contributed by atoms with van der Waals surface area (Å²) in [6, 6.07) is 0. The number of carboxylic acids is 1. The Morgan fingerprint density at radius 2 is 1.12 bits per heavy atom. The Bertz CT molecular complexity index is 472. The Kier molecular flexibility index (Phi) is 24.3. The van der Waals surface area contributed by atoms with E-state index in [2.05, 4.69) is 13.0 Å². The van der Waals surface area contributed by atoms with Crippen LogP contribution in [-0.4, -0.2) is 23.7 Å². The van der Waals surface area contributed by atoms with E-state index in [1.54, 1.807) is 0 Å². The number of rotatable bonds is 25. The maximum absolute atomic E-state index is 12.0. The lowest BCUT2D eigenvalue weighted by atomic mass is 10.0. The Balaban J connectivity index is 3.47. The molecule has 1 atom stereocenters. The van der Waals surface area contributed by atoms with E-state index in [9.17, 15) is 9.59 Å². The molecule has 0 aromatic rings. The van der Waals surface area contributed by atoms with Gasteiger partial charge in [-0.25, -0.2) is 0 Å². The van der Waals surface area contributed by atoms with Gasteiger partial charge >= 0.3 is 11.9 Å². The zero-order valence-electron chi connectivity index (χ0n) is 22.0. The minimum absolute atomic E-state index is 0.161. The van der Waals surface area contributed by atoms with Gasteiger partial charge in [0.2, 0.25) is 0 Å². The number of carbonyl (C=O) groups excluding carboxylic acids is 1. The minimum atomic E-state index is -0.949. The smallest absolute Gasteiger partial charge is 0.309 e. The van der Waals surface area contributed by atoms with E-state index in [4.69, 9.17) is 9.84 Å². The number of ether oxygens (including phenoxy) is 1. The predicted molar refractivity (Wildman–Crippen MR) is 140 cm³/mol. The van der Waals surface area contributed by atoms with Crippen molar-refractivity contribution >= 4 is 11.9 Å². The number of unbranched alkanes of at least 4 members (excludes halogenated alkanes) is 17. The summed E-state index contributed by atoms with van der Waals surface area (Å²) in [5.41, 5.74) is 0. The van der Waals surface area contributed by atoms with E-state index in [0.717, 1.165) is 12.8 Å². The lowest BCUT2D eigenvalue weighted by Gasteiger charge is -2.11. The molecule has 0 amide bonds. The molecule has 0 radical (unpaired) electrons. The quantitative estimate of drug-likeness (QED) is 0.0828. The molecule has 0 spiro atoms. The molecule has 0 aliphatic carbocycles. The van der Waals surface area contributed by atoms with Gasteiger partial charge in [0.25, 0.3) is 0 Å². The molecule has 0 saturated heterocycles. The highest BCUT2D eigenvalue weighted by atomic mass is 16.5. The third-order valence-electron chi connectivity index (χ3n) is 6.26. The first-order valence-corrected chi connectivity index (χ1v) is 14.1. The van der Waals surface area contributed by atoms with Crippen molar-refractivity contribution in [3.05, 3.63) is 12.2 Å². The molecule has 0 aromatic carbocycles. The van der Waals surface area contributed by atoms with Gasteiger partial charge in [0.15, 0.2) is 0 Å². The lowest BCUT2D eigenvalue weighted by Crippen LogP contribution is -2.20. The van der Waals surface area contributed by atoms with E-state index in [-0.39, 0.29) is 12.4 Å². The van der Waals surface area contributed by atoms with Crippen molar-refractivity contribution in [2.24, 2.45) is 5.92 Å². The summed E-state index contributed by atoms with van der Waals surface area (Å²) < 4.78 is 5.11. The van der Waals surface area contributed by atoms with Crippen LogP contribution in [0.1, 0.15) is 149 Å². The molecule has 4 nitrogen and oxygen atoms in total. The largest absolute Gasteiger partial charge is 0.481 e. The minimum Gasteiger partial charge on any atom is -0.481 e. The predicted octanol–water partition coefficient (Wildman–Crippen LogP) is 9.02. The zero-order chi connectivity index (χ0) is 24.4. The lowest BCUT2D eigenvalue weighted by molar-refractivity contribution is -0.153. The third-order valence-corrected chi connectivity index (χ3v) is 6.26. The summed E-state index contributed by atoms with van der Waals surface area (Å²) in [6.45, 7) is 4.57. The molecule has 0 aliphatic heterocycles. The molecule has 0 aliphatic rings. The first-order valence-electron chi connectivity index (χ1n) is 14.1. The maximum atomic E-state index is 12.0. The SMILES string of the molecule is CCCCCCCCCCCCCCCCCCC/C=C/CC(CC(=O)O)C(=O)OCCC. The van der Waals surface area contributed by atoms with Crippen LogP contribution in [0.15, 0.2) is 12.2 Å². The van der Waals surface area contributed by atoms with Crippen molar-refractivity contribution in [3.8, 4) is 0 Å². The topological polar surface area (TPSA) is 63.6 Å². The molecule has 0 saturated carbocycles. The van der Waals surface area contributed by atoms with Gasteiger partial charge in [-0.15, -0.1) is 0 Å². The molecule has 0 heterocycles. The first-order chi connectivity index (χ1) is 16.1. The highest BCUT2D eigenvalue weighted by molar-refractivity contribution is 5.79. The van der Waals surface area contributed by atoms with E-state index in [1.807, 2.05) is 13.0 Å². The number of carbonyl (C=O) groups is 2. The number of esters is 1. The molecule has 0 fully saturated rings. The monoisotopic (exact) mass is 466 g/mol. The number of hydrogen-bond donors (Lipinski definition) is 1. The van der Waals surface area contributed by atoms with Gasteiger partial charge in [0.05, 0.1) is 18.9 Å². The van der Waals surface area contributed by atoms with E-state index < -0.39 is 11.9 Å². The normalized spacial score (nSPS) is 12.3. The van der Waals surface area contributed by atoms with E-state index in [1.165, 1.54) is 109 Å². The van der Waals surface area contributed by atoms with Gasteiger partial charge in [-0.3, -0.25) is 9.59 Å². The summed E-state index contributed by atoms with van der Waals surface area (Å²) >= 11 is 0. The summed E-state index contributed by atoms with van der Waals surface area (Å²) in [5, 5.41) is 8.99. The van der Waals surface area contributed by atoms with Crippen molar-refractivity contribution in [3.63, 3.8) is 0 Å². The first kappa shape index (κ1) is 31.7. The van der Waals surface area contributed by atoms with Gasteiger partial charge in [-0.1, -0.05) is 129 Å². The number of hydrogen-bond acceptors (Lipinski definition) is 3. The average Bonchev–Trinajstić information content (AvgIpc) is 2.80. The molecule has 0 bridgehead atoms. The molecule has 194 valence electrons. The summed E-state index contributed by atoms with van der Waals surface area (Å²) in [5.74, 6) is -1.91. The van der Waals surface area contributed by atoms with Gasteiger partial charge in [0.1, 0.15) is 0 Å². The molecular formula is C29H54O4. The zero-order valence-corrected chi connectivity index (χ0v) is 22.0. The van der Waals surface area contributed by atoms with Crippen molar-refractivity contribution in [2.75, 3.05) is 6.61 Å². The molecule has 1 unspecified atom stereocenters. The fourth-order valence-corrected chi connectivity index (χ4v) is 4.16. The van der Waals surface area contributed by atoms with E-state index in [0.29, 0.717) is 13.0 Å². The van der Waals surface area contributed by atoms with Crippen LogP contribution in [0, 0.1) is 5.92 Å². The molecule has 0 aromatic heterocycles. The highest BCUT2D eigenvalue weighted by Gasteiger charge is 2.21. The summed E-state index contributed by atoms with van der Waals surface area (Å²) in [4.78, 5) is 22.9. The Hall–Kier alpha value is -1.32. The fraction of sp³-hybridized carbons (Fsp3) is 0.862. The van der Waals surface area contributed by atoms with Crippen molar-refractivity contribution < 1.29 is 19.4 Å². The molecule has 33 heavy (non-hydrogen) atoms. The van der Waals surface area contributed by atoms with Crippen LogP contribution in [0.5, 0.6) is 0 Å². The Labute approximate surface area is 204 Å². The van der Waals surface area contributed by atoms with Gasteiger partial charge in [-0.05, 0) is 25.7 Å². The number of aliphatic carboxylic acids is 1. The Morgan fingerprint density at radius 3 is 1.55 bits per heavy atom. The molecule has 1 N–H and O–H groups in total. The number of carboxylic acid groups (broad SMARTS) is 1. The molecule has 4 heteroatoms. The van der Waals surface area contributed by atoms with Gasteiger partial charge in [-0.2, -0.15) is 0 Å². The summed E-state index contributed by atoms with van der Waals surface area (Å²) in [7, 11) is 0. The summed E-state index contributed by atoms with van der Waals surface area (Å²) in [6.07, 6.45) is 29.5. The van der Waals surface area contributed by atoms with Gasteiger partial charge < -0.3 is 9.84 Å². The van der Waals surface area contributed by atoms with Crippen LogP contribution in [0.3, 0.4) is 0 Å². The van der Waals surface area contributed by atoms with Crippen LogP contribution in [-0.2, 0) is 14.3 Å². The maximum Gasteiger partial charge on any atom is 0.309 e. The van der Waals surface area contributed by atoms with Crippen molar-refractivity contribution in [1.82, 2.24) is 0 Å². The Morgan fingerprint density at radius 1 is 0.667 bits per heavy atom. The second-order valence-corrected chi connectivity index (χ2v) is 9.61. The number of allylic oxidation sites excluding steroid dienone is 2. The second-order valence-electron chi connectivity index (χ2n) is 9.61. The van der Waals surface area contributed by atoms with Crippen LogP contribution in [0.25, 0.3) is 0 Å². The van der Waals surface area contributed by atoms with E-state index >= 15 is 0 Å². The third kappa shape index (κ3) is 23.6. The van der Waals surface area contributed by atoms with Gasteiger partial charge in [0, 0.05) is 0 Å². The highest BCUT2D eigenvalue weighted by Crippen LogP contribution is 2.15. The van der Waals surface area contributed by atoms with Crippen LogP contribution < -0.4 is 0 Å². The molecular weight excluding hydrogens is 412 g/mol. The standard InChI is InChI=1S/C29H54O4/c1-3-5-6-7-8-9-10-11-12-13-14-15-16-17-18-19-20-21-22-23-24-27(26-28(30)31)29(32)33-25-4-2/h22-23,27H,3-21,24-26H2,1-2H3,(H,30,31)/b23-22+. The van der Waals surface area contributed by atoms with Crippen LogP contribution in [0.2, 0.25) is 0 Å². The second kappa shape index (κ2) is 25.3. The van der Waals surface area contributed by atoms with Crippen LogP contribution in [0.4, 0.5) is 0 Å². The van der Waals surface area contributed by atoms with Crippen LogP contribution >= 0.6 is 0 Å². The van der Waals surface area contributed by atoms with Crippen molar-refractivity contribution in [1.29, 1.82) is 0 Å². The average molecular weight is 467 g/mol.